The molecule has 3 atom stereocenters. The zero-order chi connectivity index (χ0) is 13.1. The summed E-state index contributed by atoms with van der Waals surface area (Å²) in [4.78, 5) is 0. The first-order valence-electron chi connectivity index (χ1n) is 7.26. The second-order valence-electron chi connectivity index (χ2n) is 6.94. The molecule has 1 rings (SSSR count). The molecule has 2 heteroatoms. The molecule has 0 aromatic heterocycles. The van der Waals surface area contributed by atoms with Gasteiger partial charge in [-0.15, -0.1) is 0 Å². The minimum atomic E-state index is -0.497. The summed E-state index contributed by atoms with van der Waals surface area (Å²) in [5.74, 6) is 1.02. The maximum absolute atomic E-state index is 10.8. The molecule has 102 valence electrons. The smallest absolute Gasteiger partial charge is 0.0687 e. The van der Waals surface area contributed by atoms with E-state index in [9.17, 15) is 5.11 Å². The van der Waals surface area contributed by atoms with Gasteiger partial charge in [0.05, 0.1) is 5.60 Å². The van der Waals surface area contributed by atoms with Crippen LogP contribution in [0.5, 0.6) is 0 Å². The zero-order valence-electron chi connectivity index (χ0n) is 12.1. The first-order valence-corrected chi connectivity index (χ1v) is 7.26. The maximum Gasteiger partial charge on any atom is 0.0687 e. The number of nitrogens with two attached hydrogens (primary N) is 1. The second kappa shape index (κ2) is 5.71. The Hall–Kier alpha value is -0.0800. The summed E-state index contributed by atoms with van der Waals surface area (Å²) in [5, 5.41) is 10.8. The molecule has 0 bridgehead atoms. The standard InChI is InChI=1S/C15H31NO/c1-5-12(11-16)15(17)9-6-7-13(8-10-15)14(2,3)4/h12-13,17H,5-11,16H2,1-4H3. The molecule has 0 heterocycles. The average molecular weight is 241 g/mol. The van der Waals surface area contributed by atoms with Crippen LogP contribution in [0, 0.1) is 17.3 Å². The average Bonchev–Trinajstić information content (AvgIpc) is 2.42. The van der Waals surface area contributed by atoms with Crippen LogP contribution < -0.4 is 5.73 Å². The van der Waals surface area contributed by atoms with Crippen molar-refractivity contribution < 1.29 is 5.11 Å². The highest BCUT2D eigenvalue weighted by molar-refractivity contribution is 4.91. The normalized spacial score (nSPS) is 33.2. The molecular weight excluding hydrogens is 210 g/mol. The van der Waals surface area contributed by atoms with Crippen LogP contribution in [0.1, 0.15) is 66.2 Å². The molecule has 1 fully saturated rings. The van der Waals surface area contributed by atoms with E-state index in [0.29, 0.717) is 12.0 Å². The van der Waals surface area contributed by atoms with Crippen molar-refractivity contribution in [2.45, 2.75) is 71.8 Å². The summed E-state index contributed by atoms with van der Waals surface area (Å²) in [6, 6.07) is 0. The fourth-order valence-electron chi connectivity index (χ4n) is 3.39. The molecule has 3 unspecified atom stereocenters. The van der Waals surface area contributed by atoms with Gasteiger partial charge in [-0.3, -0.25) is 0 Å². The topological polar surface area (TPSA) is 46.2 Å². The van der Waals surface area contributed by atoms with Crippen molar-refractivity contribution in [1.29, 1.82) is 0 Å². The lowest BCUT2D eigenvalue weighted by molar-refractivity contribution is -0.0320. The third-order valence-corrected chi connectivity index (χ3v) is 4.85. The minimum absolute atomic E-state index is 0.279. The van der Waals surface area contributed by atoms with Crippen LogP contribution in [0.4, 0.5) is 0 Å². The molecular formula is C15H31NO. The van der Waals surface area contributed by atoms with Crippen molar-refractivity contribution >= 4 is 0 Å². The molecule has 0 saturated heterocycles. The van der Waals surface area contributed by atoms with Crippen molar-refractivity contribution in [2.75, 3.05) is 6.54 Å². The van der Waals surface area contributed by atoms with Crippen LogP contribution in [-0.2, 0) is 0 Å². The van der Waals surface area contributed by atoms with Crippen molar-refractivity contribution in [2.24, 2.45) is 23.0 Å². The van der Waals surface area contributed by atoms with E-state index in [1.165, 1.54) is 6.42 Å². The molecule has 0 aliphatic heterocycles. The van der Waals surface area contributed by atoms with E-state index in [1.807, 2.05) is 0 Å². The molecule has 2 nitrogen and oxygen atoms in total. The lowest BCUT2D eigenvalue weighted by Gasteiger charge is -2.35. The van der Waals surface area contributed by atoms with Crippen LogP contribution in [-0.4, -0.2) is 17.3 Å². The molecule has 17 heavy (non-hydrogen) atoms. The Morgan fingerprint density at radius 1 is 1.29 bits per heavy atom. The Kier molecular flexibility index (Phi) is 5.03. The zero-order valence-corrected chi connectivity index (χ0v) is 12.1. The summed E-state index contributed by atoms with van der Waals surface area (Å²) in [5.41, 5.74) is 5.68. The van der Waals surface area contributed by atoms with Crippen molar-refractivity contribution in [1.82, 2.24) is 0 Å². The number of hydrogen-bond acceptors (Lipinski definition) is 2. The van der Waals surface area contributed by atoms with E-state index < -0.39 is 5.60 Å². The van der Waals surface area contributed by atoms with E-state index in [1.54, 1.807) is 0 Å². The third-order valence-electron chi connectivity index (χ3n) is 4.85. The van der Waals surface area contributed by atoms with Gasteiger partial charge in [-0.2, -0.15) is 0 Å². The van der Waals surface area contributed by atoms with Crippen molar-refractivity contribution in [3.05, 3.63) is 0 Å². The first-order chi connectivity index (χ1) is 7.83. The lowest BCUT2D eigenvalue weighted by Crippen LogP contribution is -2.41. The van der Waals surface area contributed by atoms with Gasteiger partial charge in [0.1, 0.15) is 0 Å². The van der Waals surface area contributed by atoms with Gasteiger partial charge in [-0.25, -0.2) is 0 Å². The van der Waals surface area contributed by atoms with Gasteiger partial charge in [0.2, 0.25) is 0 Å². The van der Waals surface area contributed by atoms with Gasteiger partial charge < -0.3 is 10.8 Å². The largest absolute Gasteiger partial charge is 0.390 e. The second-order valence-corrected chi connectivity index (χ2v) is 6.94. The van der Waals surface area contributed by atoms with Gasteiger partial charge in [-0.05, 0) is 55.9 Å². The Bertz CT molecular complexity index is 230. The van der Waals surface area contributed by atoms with Crippen LogP contribution in [0.25, 0.3) is 0 Å². The Labute approximate surface area is 107 Å². The molecule has 0 aromatic rings. The van der Waals surface area contributed by atoms with Crippen LogP contribution in [0.2, 0.25) is 0 Å². The Balaban J connectivity index is 2.69. The molecule has 0 radical (unpaired) electrons. The third kappa shape index (κ3) is 3.69. The minimum Gasteiger partial charge on any atom is -0.390 e. The van der Waals surface area contributed by atoms with Gasteiger partial charge in [0.15, 0.2) is 0 Å². The van der Waals surface area contributed by atoms with Crippen LogP contribution >= 0.6 is 0 Å². The molecule has 0 spiro atoms. The monoisotopic (exact) mass is 241 g/mol. The molecule has 1 aliphatic carbocycles. The molecule has 0 aromatic carbocycles. The van der Waals surface area contributed by atoms with Crippen LogP contribution in [0.15, 0.2) is 0 Å². The molecule has 1 saturated carbocycles. The summed E-state index contributed by atoms with van der Waals surface area (Å²) >= 11 is 0. The Morgan fingerprint density at radius 3 is 2.41 bits per heavy atom. The number of hydrogen-bond donors (Lipinski definition) is 2. The summed E-state index contributed by atoms with van der Waals surface area (Å²) in [6.45, 7) is 9.72. The fourth-order valence-corrected chi connectivity index (χ4v) is 3.39. The number of aliphatic hydroxyl groups is 1. The lowest BCUT2D eigenvalue weighted by atomic mass is 9.75. The SMILES string of the molecule is CCC(CN)C1(O)CCCC(C(C)(C)C)CC1. The van der Waals surface area contributed by atoms with Gasteiger partial charge >= 0.3 is 0 Å². The van der Waals surface area contributed by atoms with E-state index >= 15 is 0 Å². The molecule has 3 N–H and O–H groups in total. The summed E-state index contributed by atoms with van der Waals surface area (Å²) < 4.78 is 0. The molecule has 0 amide bonds. The van der Waals surface area contributed by atoms with Crippen molar-refractivity contribution in [3.8, 4) is 0 Å². The van der Waals surface area contributed by atoms with Crippen molar-refractivity contribution in [3.63, 3.8) is 0 Å². The van der Waals surface area contributed by atoms with E-state index in [0.717, 1.165) is 38.0 Å². The maximum atomic E-state index is 10.8. The number of rotatable bonds is 3. The molecule has 1 aliphatic rings. The van der Waals surface area contributed by atoms with Gasteiger partial charge in [0, 0.05) is 0 Å². The quantitative estimate of drug-likeness (QED) is 0.745. The summed E-state index contributed by atoms with van der Waals surface area (Å²) in [6.07, 6.45) is 6.42. The first kappa shape index (κ1) is 15.0. The predicted octanol–water partition coefficient (Wildman–Crippen LogP) is 3.33. The highest BCUT2D eigenvalue weighted by Gasteiger charge is 2.38. The van der Waals surface area contributed by atoms with E-state index in [4.69, 9.17) is 5.73 Å². The van der Waals surface area contributed by atoms with E-state index in [2.05, 4.69) is 27.7 Å². The predicted molar refractivity (Wildman–Crippen MR) is 73.8 cm³/mol. The highest BCUT2D eigenvalue weighted by Crippen LogP contribution is 2.42. The van der Waals surface area contributed by atoms with Crippen LogP contribution in [0.3, 0.4) is 0 Å². The Morgan fingerprint density at radius 2 is 1.94 bits per heavy atom. The van der Waals surface area contributed by atoms with Gasteiger partial charge in [-0.1, -0.05) is 34.1 Å². The van der Waals surface area contributed by atoms with Gasteiger partial charge in [0.25, 0.3) is 0 Å². The van der Waals surface area contributed by atoms with E-state index in [-0.39, 0.29) is 5.92 Å². The highest BCUT2D eigenvalue weighted by atomic mass is 16.3. The summed E-state index contributed by atoms with van der Waals surface area (Å²) in [7, 11) is 0. The fraction of sp³-hybridized carbons (Fsp3) is 1.00.